The number of carbonyl (C=O) groups is 5. The summed E-state index contributed by atoms with van der Waals surface area (Å²) in [6.07, 6.45) is 1.43. The number of fused-ring (bicyclic) bond motifs is 1. The maximum Gasteiger partial charge on any atom is 0.327 e. The van der Waals surface area contributed by atoms with Crippen LogP contribution < -0.4 is 21.7 Å². The van der Waals surface area contributed by atoms with E-state index in [1.54, 1.807) is 6.20 Å². The summed E-state index contributed by atoms with van der Waals surface area (Å²) in [5.41, 5.74) is 7.80. The van der Waals surface area contributed by atoms with Gasteiger partial charge in [-0.05, 0) is 36.8 Å². The van der Waals surface area contributed by atoms with Crippen molar-refractivity contribution in [3.8, 4) is 0 Å². The van der Waals surface area contributed by atoms with Crippen LogP contribution in [0.3, 0.4) is 0 Å². The molecule has 2 aromatic rings. The van der Waals surface area contributed by atoms with E-state index in [-0.39, 0.29) is 30.9 Å². The number of carbonyl (C=O) groups excluding carboxylic acids is 3. The molecule has 0 aliphatic carbocycles. The molecule has 0 radical (unpaired) electrons. The number of benzene rings is 1. The van der Waals surface area contributed by atoms with Crippen LogP contribution in [0.5, 0.6) is 0 Å². The Balaban J connectivity index is 2.14. The van der Waals surface area contributed by atoms with Gasteiger partial charge in [-0.15, -0.1) is 0 Å². The topological polar surface area (TPSA) is 204 Å². The first-order valence-corrected chi connectivity index (χ1v) is 12.8. The summed E-state index contributed by atoms with van der Waals surface area (Å²) < 4.78 is 0. The van der Waals surface area contributed by atoms with Crippen LogP contribution in [0.25, 0.3) is 10.9 Å². The summed E-state index contributed by atoms with van der Waals surface area (Å²) in [7, 11) is 0. The van der Waals surface area contributed by atoms with Gasteiger partial charge in [-0.2, -0.15) is 12.6 Å². The first-order valence-electron chi connectivity index (χ1n) is 12.2. The van der Waals surface area contributed by atoms with E-state index in [1.165, 1.54) is 0 Å². The number of nitrogens with one attached hydrogen (secondary N) is 4. The lowest BCUT2D eigenvalue weighted by Crippen LogP contribution is -2.57. The van der Waals surface area contributed by atoms with Gasteiger partial charge in [-0.1, -0.05) is 32.0 Å². The quantitative estimate of drug-likeness (QED) is 0.146. The minimum absolute atomic E-state index is 0.0537. The highest BCUT2D eigenvalue weighted by Crippen LogP contribution is 2.19. The molecule has 13 heteroatoms. The SMILES string of the molecule is CC(C)CC(NC(=O)C(CCC(=O)O)NC(=O)C(N)Cc1c[nH]c2ccccc12)C(=O)NC(CS)C(=O)O. The number of aromatic nitrogens is 1. The molecule has 0 bridgehead atoms. The van der Waals surface area contributed by atoms with Gasteiger partial charge in [0.1, 0.15) is 18.1 Å². The van der Waals surface area contributed by atoms with Crippen LogP contribution in [0, 0.1) is 5.92 Å². The van der Waals surface area contributed by atoms with Crippen molar-refractivity contribution in [3.63, 3.8) is 0 Å². The number of thiol groups is 1. The summed E-state index contributed by atoms with van der Waals surface area (Å²) in [4.78, 5) is 64.3. The first-order chi connectivity index (χ1) is 17.9. The fourth-order valence-corrected chi connectivity index (χ4v) is 4.13. The number of nitrogens with two attached hydrogens (primary N) is 1. The van der Waals surface area contributed by atoms with Crippen LogP contribution in [-0.4, -0.2) is 74.8 Å². The fourth-order valence-electron chi connectivity index (χ4n) is 3.88. The van der Waals surface area contributed by atoms with Crippen LogP contribution in [0.4, 0.5) is 0 Å². The zero-order valence-corrected chi connectivity index (χ0v) is 22.2. The second-order valence-corrected chi connectivity index (χ2v) is 9.80. The van der Waals surface area contributed by atoms with Gasteiger partial charge in [-0.3, -0.25) is 19.2 Å². The number of H-pyrrole nitrogens is 1. The van der Waals surface area contributed by atoms with Crippen molar-refractivity contribution in [2.24, 2.45) is 11.7 Å². The van der Waals surface area contributed by atoms with E-state index < -0.39 is 60.2 Å². The summed E-state index contributed by atoms with van der Waals surface area (Å²) >= 11 is 3.93. The standard InChI is InChI=1S/C25H35N5O7S/c1-13(2)9-19(24(35)30-20(12-38)25(36)37)29-23(34)18(7-8-21(31)32)28-22(33)16(26)10-14-11-27-17-6-4-3-5-15(14)17/h3-6,11,13,16,18-20,27,38H,7-10,12,26H2,1-2H3,(H,28,33)(H,29,34)(H,30,35)(H,31,32)(H,36,37). The Hall–Kier alpha value is -3.58. The molecule has 38 heavy (non-hydrogen) atoms. The number of hydrogen-bond acceptors (Lipinski definition) is 7. The third kappa shape index (κ3) is 9.06. The van der Waals surface area contributed by atoms with E-state index in [2.05, 4.69) is 33.6 Å². The lowest BCUT2D eigenvalue weighted by molar-refractivity contribution is -0.141. The molecule has 4 unspecified atom stereocenters. The molecule has 1 aromatic heterocycles. The van der Waals surface area contributed by atoms with Crippen molar-refractivity contribution in [2.75, 3.05) is 5.75 Å². The van der Waals surface area contributed by atoms with Crippen LogP contribution >= 0.6 is 12.6 Å². The number of rotatable bonds is 15. The predicted molar refractivity (Wildman–Crippen MR) is 144 cm³/mol. The molecular formula is C25H35N5O7S. The minimum atomic E-state index is -1.28. The first kappa shape index (κ1) is 30.6. The smallest absolute Gasteiger partial charge is 0.327 e. The van der Waals surface area contributed by atoms with Crippen molar-refractivity contribution in [1.82, 2.24) is 20.9 Å². The van der Waals surface area contributed by atoms with Gasteiger partial charge in [0.25, 0.3) is 0 Å². The maximum atomic E-state index is 13.1. The van der Waals surface area contributed by atoms with Crippen LogP contribution in [-0.2, 0) is 30.4 Å². The number of carboxylic acid groups (broad SMARTS) is 2. The third-order valence-corrected chi connectivity index (χ3v) is 6.23. The fraction of sp³-hybridized carbons (Fsp3) is 0.480. The number of aromatic amines is 1. The Morgan fingerprint density at radius 1 is 0.947 bits per heavy atom. The number of aliphatic carboxylic acids is 2. The van der Waals surface area contributed by atoms with Gasteiger partial charge in [0.15, 0.2) is 0 Å². The van der Waals surface area contributed by atoms with E-state index in [1.807, 2.05) is 38.1 Å². The Kier molecular flexibility index (Phi) is 11.6. The molecule has 1 heterocycles. The lowest BCUT2D eigenvalue weighted by Gasteiger charge is -2.25. The minimum Gasteiger partial charge on any atom is -0.481 e. The van der Waals surface area contributed by atoms with Crippen molar-refractivity contribution in [3.05, 3.63) is 36.0 Å². The molecule has 0 spiro atoms. The molecule has 0 aliphatic rings. The van der Waals surface area contributed by atoms with Gasteiger partial charge < -0.3 is 36.9 Å². The van der Waals surface area contributed by atoms with E-state index >= 15 is 0 Å². The molecule has 0 aliphatic heterocycles. The molecule has 3 amide bonds. The molecular weight excluding hydrogens is 514 g/mol. The molecule has 0 fully saturated rings. The normalized spacial score (nSPS) is 14.3. The monoisotopic (exact) mass is 549 g/mol. The summed E-state index contributed by atoms with van der Waals surface area (Å²) in [6.45, 7) is 3.63. The van der Waals surface area contributed by atoms with E-state index in [0.717, 1.165) is 16.5 Å². The molecule has 4 atom stereocenters. The number of para-hydroxylation sites is 1. The molecule has 8 N–H and O–H groups in total. The number of hydrogen-bond donors (Lipinski definition) is 8. The van der Waals surface area contributed by atoms with E-state index in [9.17, 15) is 29.1 Å². The summed E-state index contributed by atoms with van der Waals surface area (Å²) in [6, 6.07) is 2.80. The third-order valence-electron chi connectivity index (χ3n) is 5.87. The second kappa shape index (κ2) is 14.4. The van der Waals surface area contributed by atoms with Gasteiger partial charge in [-0.25, -0.2) is 4.79 Å². The average Bonchev–Trinajstić information content (AvgIpc) is 3.26. The lowest BCUT2D eigenvalue weighted by atomic mass is 10.0. The van der Waals surface area contributed by atoms with Gasteiger partial charge in [0.05, 0.1) is 6.04 Å². The predicted octanol–water partition coefficient (Wildman–Crippen LogP) is 0.417. The zero-order chi connectivity index (χ0) is 28.4. The summed E-state index contributed by atoms with van der Waals surface area (Å²) in [5, 5.41) is 26.6. The highest BCUT2D eigenvalue weighted by Gasteiger charge is 2.31. The van der Waals surface area contributed by atoms with Crippen LogP contribution in [0.1, 0.15) is 38.7 Å². The van der Waals surface area contributed by atoms with Gasteiger partial charge in [0, 0.05) is 29.3 Å². The molecule has 208 valence electrons. The second-order valence-electron chi connectivity index (χ2n) is 9.44. The zero-order valence-electron chi connectivity index (χ0n) is 21.3. The van der Waals surface area contributed by atoms with Gasteiger partial charge in [0.2, 0.25) is 17.7 Å². The van der Waals surface area contributed by atoms with E-state index in [0.29, 0.717) is 0 Å². The van der Waals surface area contributed by atoms with Crippen LogP contribution in [0.15, 0.2) is 30.5 Å². The maximum absolute atomic E-state index is 13.1. The summed E-state index contributed by atoms with van der Waals surface area (Å²) in [5.74, 6) is -4.83. The highest BCUT2D eigenvalue weighted by molar-refractivity contribution is 7.80. The Bertz CT molecular complexity index is 1150. The molecule has 0 saturated carbocycles. The van der Waals surface area contributed by atoms with Crippen molar-refractivity contribution >= 4 is 53.2 Å². The van der Waals surface area contributed by atoms with Crippen molar-refractivity contribution < 1.29 is 34.2 Å². The van der Waals surface area contributed by atoms with Crippen molar-refractivity contribution in [2.45, 2.75) is 63.7 Å². The average molecular weight is 550 g/mol. The molecule has 12 nitrogen and oxygen atoms in total. The molecule has 1 aromatic carbocycles. The molecule has 0 saturated heterocycles. The highest BCUT2D eigenvalue weighted by atomic mass is 32.1. The Labute approximate surface area is 225 Å². The number of carboxylic acids is 2. The van der Waals surface area contributed by atoms with Crippen LogP contribution in [0.2, 0.25) is 0 Å². The van der Waals surface area contributed by atoms with E-state index in [4.69, 9.17) is 10.8 Å². The van der Waals surface area contributed by atoms with Crippen molar-refractivity contribution in [1.29, 1.82) is 0 Å². The molecule has 2 rings (SSSR count). The Morgan fingerprint density at radius 2 is 1.55 bits per heavy atom. The Morgan fingerprint density at radius 3 is 2.16 bits per heavy atom. The van der Waals surface area contributed by atoms with Gasteiger partial charge >= 0.3 is 11.9 Å². The number of amides is 3. The largest absolute Gasteiger partial charge is 0.481 e.